The summed E-state index contributed by atoms with van der Waals surface area (Å²) >= 11 is 0. The summed E-state index contributed by atoms with van der Waals surface area (Å²) in [5, 5.41) is 3.00. The SMILES string of the molecule is C=CCN(CC=C)CCN1CCN(C(=O)Nc2ccc(CC)cc2)CC1. The third kappa shape index (κ3) is 6.32. The number of carbonyl (C=O) groups is 1. The number of nitrogens with zero attached hydrogens (tertiary/aromatic N) is 3. The van der Waals surface area contributed by atoms with Crippen LogP contribution in [0.25, 0.3) is 0 Å². The van der Waals surface area contributed by atoms with Gasteiger partial charge in [0.15, 0.2) is 0 Å². The van der Waals surface area contributed by atoms with E-state index in [0.717, 1.165) is 64.5 Å². The predicted octanol–water partition coefficient (Wildman–Crippen LogP) is 3.07. The van der Waals surface area contributed by atoms with Crippen LogP contribution < -0.4 is 5.32 Å². The van der Waals surface area contributed by atoms with Crippen molar-refractivity contribution in [2.45, 2.75) is 13.3 Å². The van der Waals surface area contributed by atoms with E-state index >= 15 is 0 Å². The van der Waals surface area contributed by atoms with Gasteiger partial charge in [-0.05, 0) is 24.1 Å². The number of piperazine rings is 1. The van der Waals surface area contributed by atoms with Gasteiger partial charge in [0, 0.05) is 58.0 Å². The summed E-state index contributed by atoms with van der Waals surface area (Å²) in [6.07, 6.45) is 4.87. The van der Waals surface area contributed by atoms with Gasteiger partial charge >= 0.3 is 6.03 Å². The first-order valence-corrected chi connectivity index (χ1v) is 9.47. The minimum absolute atomic E-state index is 0.00570. The highest BCUT2D eigenvalue weighted by molar-refractivity contribution is 5.89. The summed E-state index contributed by atoms with van der Waals surface area (Å²) in [6.45, 7) is 16.9. The van der Waals surface area contributed by atoms with Crippen molar-refractivity contribution >= 4 is 11.7 Å². The van der Waals surface area contributed by atoms with Crippen LogP contribution >= 0.6 is 0 Å². The first kappa shape index (κ1) is 20.2. The van der Waals surface area contributed by atoms with Crippen LogP contribution in [0.1, 0.15) is 12.5 Å². The van der Waals surface area contributed by atoms with Gasteiger partial charge in [0.05, 0.1) is 0 Å². The molecule has 1 fully saturated rings. The molecule has 0 atom stereocenters. The first-order chi connectivity index (χ1) is 12.7. The molecule has 2 amide bonds. The van der Waals surface area contributed by atoms with Gasteiger partial charge in [0.2, 0.25) is 0 Å². The van der Waals surface area contributed by atoms with E-state index in [4.69, 9.17) is 0 Å². The maximum Gasteiger partial charge on any atom is 0.321 e. The number of urea groups is 1. The Morgan fingerprint density at radius 3 is 2.27 bits per heavy atom. The molecular weight excluding hydrogens is 324 g/mol. The van der Waals surface area contributed by atoms with E-state index in [-0.39, 0.29) is 6.03 Å². The summed E-state index contributed by atoms with van der Waals surface area (Å²) in [6, 6.07) is 8.06. The molecule has 2 rings (SSSR count). The minimum Gasteiger partial charge on any atom is -0.322 e. The molecule has 0 saturated carbocycles. The van der Waals surface area contributed by atoms with Gasteiger partial charge in [-0.2, -0.15) is 0 Å². The normalized spacial score (nSPS) is 15.1. The Hall–Kier alpha value is -2.11. The number of carbonyl (C=O) groups excluding carboxylic acids is 1. The Kier molecular flexibility index (Phi) is 8.38. The average molecular weight is 357 g/mol. The van der Waals surface area contributed by atoms with E-state index < -0.39 is 0 Å². The third-order valence-electron chi connectivity index (χ3n) is 4.78. The molecule has 26 heavy (non-hydrogen) atoms. The van der Waals surface area contributed by atoms with Crippen LogP contribution in [0, 0.1) is 0 Å². The molecule has 1 aromatic rings. The maximum absolute atomic E-state index is 12.4. The minimum atomic E-state index is -0.00570. The molecule has 0 aromatic heterocycles. The van der Waals surface area contributed by atoms with Crippen LogP contribution in [0.2, 0.25) is 0 Å². The lowest BCUT2D eigenvalue weighted by atomic mass is 10.1. The van der Waals surface area contributed by atoms with E-state index in [1.54, 1.807) is 0 Å². The van der Waals surface area contributed by atoms with Gasteiger partial charge in [-0.25, -0.2) is 4.79 Å². The summed E-state index contributed by atoms with van der Waals surface area (Å²) in [7, 11) is 0. The number of benzene rings is 1. The predicted molar refractivity (Wildman–Crippen MR) is 110 cm³/mol. The zero-order chi connectivity index (χ0) is 18.8. The van der Waals surface area contributed by atoms with Gasteiger partial charge < -0.3 is 10.2 Å². The van der Waals surface area contributed by atoms with Crippen LogP contribution in [0.4, 0.5) is 10.5 Å². The Balaban J connectivity index is 1.73. The van der Waals surface area contributed by atoms with Gasteiger partial charge in [0.25, 0.3) is 0 Å². The van der Waals surface area contributed by atoms with Gasteiger partial charge in [0.1, 0.15) is 0 Å². The van der Waals surface area contributed by atoms with Crippen LogP contribution in [-0.4, -0.2) is 73.1 Å². The van der Waals surface area contributed by atoms with Gasteiger partial charge in [-0.3, -0.25) is 9.80 Å². The molecule has 1 heterocycles. The lowest BCUT2D eigenvalue weighted by Crippen LogP contribution is -2.51. The van der Waals surface area contributed by atoms with Crippen molar-refractivity contribution in [1.82, 2.24) is 14.7 Å². The van der Waals surface area contributed by atoms with Gasteiger partial charge in [-0.15, -0.1) is 13.2 Å². The Bertz CT molecular complexity index is 566. The van der Waals surface area contributed by atoms with Crippen molar-refractivity contribution in [2.75, 3.05) is 57.7 Å². The maximum atomic E-state index is 12.4. The molecular formula is C21H32N4O. The van der Waals surface area contributed by atoms with Crippen molar-refractivity contribution in [3.63, 3.8) is 0 Å². The quantitative estimate of drug-likeness (QED) is 0.691. The molecule has 1 aliphatic rings. The van der Waals surface area contributed by atoms with Gasteiger partial charge in [-0.1, -0.05) is 31.2 Å². The number of rotatable bonds is 9. The lowest BCUT2D eigenvalue weighted by Gasteiger charge is -2.35. The highest BCUT2D eigenvalue weighted by atomic mass is 16.2. The molecule has 142 valence electrons. The third-order valence-corrected chi connectivity index (χ3v) is 4.78. The summed E-state index contributed by atoms with van der Waals surface area (Å²) in [5.41, 5.74) is 2.14. The lowest BCUT2D eigenvalue weighted by molar-refractivity contribution is 0.137. The molecule has 1 aromatic carbocycles. The molecule has 1 saturated heterocycles. The van der Waals surface area contributed by atoms with E-state index in [1.807, 2.05) is 29.2 Å². The number of anilines is 1. The molecule has 0 aliphatic carbocycles. The zero-order valence-corrected chi connectivity index (χ0v) is 16.0. The van der Waals surface area contributed by atoms with Crippen molar-refractivity contribution in [3.05, 3.63) is 55.1 Å². The average Bonchev–Trinajstić information content (AvgIpc) is 2.67. The molecule has 5 heteroatoms. The van der Waals surface area contributed by atoms with E-state index in [1.165, 1.54) is 5.56 Å². The van der Waals surface area contributed by atoms with Crippen LogP contribution in [-0.2, 0) is 6.42 Å². The fraction of sp³-hybridized carbons (Fsp3) is 0.476. The standard InChI is InChI=1S/C21H32N4O/c1-4-11-23(12-5-2)13-14-24-15-17-25(18-16-24)21(26)22-20-9-7-19(6-3)8-10-20/h4-5,7-10H,1-2,6,11-18H2,3H3,(H,22,26). The number of amides is 2. The van der Waals surface area contributed by atoms with E-state index in [2.05, 4.69) is 47.3 Å². The second-order valence-electron chi connectivity index (χ2n) is 6.65. The van der Waals surface area contributed by atoms with Crippen molar-refractivity contribution in [3.8, 4) is 0 Å². The molecule has 1 aliphatic heterocycles. The Morgan fingerprint density at radius 2 is 1.73 bits per heavy atom. The summed E-state index contributed by atoms with van der Waals surface area (Å²) in [5.74, 6) is 0. The topological polar surface area (TPSA) is 38.8 Å². The highest BCUT2D eigenvalue weighted by Crippen LogP contribution is 2.12. The van der Waals surface area contributed by atoms with E-state index in [0.29, 0.717) is 0 Å². The summed E-state index contributed by atoms with van der Waals surface area (Å²) in [4.78, 5) is 19.1. The molecule has 5 nitrogen and oxygen atoms in total. The summed E-state index contributed by atoms with van der Waals surface area (Å²) < 4.78 is 0. The molecule has 0 unspecified atom stereocenters. The Labute approximate surface area is 158 Å². The van der Waals surface area contributed by atoms with Crippen molar-refractivity contribution < 1.29 is 4.79 Å². The number of hydrogen-bond acceptors (Lipinski definition) is 3. The second-order valence-corrected chi connectivity index (χ2v) is 6.65. The monoisotopic (exact) mass is 356 g/mol. The Morgan fingerprint density at radius 1 is 1.12 bits per heavy atom. The van der Waals surface area contributed by atoms with Crippen molar-refractivity contribution in [2.24, 2.45) is 0 Å². The molecule has 1 N–H and O–H groups in total. The molecule has 0 spiro atoms. The fourth-order valence-corrected chi connectivity index (χ4v) is 3.11. The molecule has 0 radical (unpaired) electrons. The van der Waals surface area contributed by atoms with E-state index in [9.17, 15) is 4.79 Å². The van der Waals surface area contributed by atoms with Crippen LogP contribution in [0.15, 0.2) is 49.6 Å². The number of nitrogens with one attached hydrogen (secondary N) is 1. The number of aryl methyl sites for hydroxylation is 1. The molecule has 0 bridgehead atoms. The smallest absolute Gasteiger partial charge is 0.321 e. The largest absolute Gasteiger partial charge is 0.322 e. The second kappa shape index (κ2) is 10.8. The van der Waals surface area contributed by atoms with Crippen LogP contribution in [0.3, 0.4) is 0 Å². The number of hydrogen-bond donors (Lipinski definition) is 1. The first-order valence-electron chi connectivity index (χ1n) is 9.47. The van der Waals surface area contributed by atoms with Crippen LogP contribution in [0.5, 0.6) is 0 Å². The fourth-order valence-electron chi connectivity index (χ4n) is 3.11. The zero-order valence-electron chi connectivity index (χ0n) is 16.0. The van der Waals surface area contributed by atoms with Crippen molar-refractivity contribution in [1.29, 1.82) is 0 Å². The highest BCUT2D eigenvalue weighted by Gasteiger charge is 2.21.